The number of hydrogen-bond donors (Lipinski definition) is 0. The molecule has 0 amide bonds. The summed E-state index contributed by atoms with van der Waals surface area (Å²) >= 11 is 0. The topological polar surface area (TPSA) is 31.4 Å². The number of halogens is 1. The maximum absolute atomic E-state index is 14.0. The van der Waals surface area contributed by atoms with Gasteiger partial charge in [0.05, 0.1) is 11.2 Å². The third-order valence-electron chi connectivity index (χ3n) is 3.81. The number of aryl methyl sites for hydroxylation is 1. The van der Waals surface area contributed by atoms with Crippen molar-refractivity contribution in [3.63, 3.8) is 0 Å². The summed E-state index contributed by atoms with van der Waals surface area (Å²) in [5.41, 5.74) is 0.166. The quantitative estimate of drug-likeness (QED) is 0.754. The van der Waals surface area contributed by atoms with Crippen LogP contribution in [0.3, 0.4) is 0 Å². The summed E-state index contributed by atoms with van der Waals surface area (Å²) in [5, 5.41) is 0. The number of rotatable bonds is 2. The van der Waals surface area contributed by atoms with E-state index in [-0.39, 0.29) is 5.82 Å². The van der Waals surface area contributed by atoms with Gasteiger partial charge in [-0.05, 0) is 40.2 Å². The first-order chi connectivity index (χ1) is 8.27. The van der Waals surface area contributed by atoms with Gasteiger partial charge in [-0.25, -0.2) is 4.39 Å². The van der Waals surface area contributed by atoms with Crippen LogP contribution in [0.1, 0.15) is 40.3 Å². The van der Waals surface area contributed by atoms with E-state index in [1.165, 1.54) is 12.3 Å². The van der Waals surface area contributed by atoms with E-state index in [1.54, 1.807) is 0 Å². The summed E-state index contributed by atoms with van der Waals surface area (Å²) in [5.74, 6) is -0.319. The van der Waals surface area contributed by atoms with Crippen LogP contribution in [-0.2, 0) is 15.7 Å². The van der Waals surface area contributed by atoms with Gasteiger partial charge in [-0.3, -0.25) is 4.98 Å². The van der Waals surface area contributed by atoms with E-state index in [1.807, 2.05) is 34.6 Å². The van der Waals surface area contributed by atoms with E-state index in [4.69, 9.17) is 9.31 Å². The highest BCUT2D eigenvalue weighted by Gasteiger charge is 2.52. The molecule has 0 bridgehead atoms. The highest BCUT2D eigenvalue weighted by molar-refractivity contribution is 6.62. The minimum Gasteiger partial charge on any atom is -0.399 e. The molecule has 0 atom stereocenters. The zero-order valence-electron chi connectivity index (χ0n) is 11.6. The van der Waals surface area contributed by atoms with E-state index in [0.717, 1.165) is 5.69 Å². The van der Waals surface area contributed by atoms with Crippen LogP contribution in [0.15, 0.2) is 12.3 Å². The van der Waals surface area contributed by atoms with Crippen LogP contribution in [0, 0.1) is 5.82 Å². The molecule has 0 aliphatic carbocycles. The van der Waals surface area contributed by atoms with Gasteiger partial charge in [-0.15, -0.1) is 0 Å². The van der Waals surface area contributed by atoms with Crippen LogP contribution in [0.4, 0.5) is 4.39 Å². The van der Waals surface area contributed by atoms with E-state index >= 15 is 0 Å². The Morgan fingerprint density at radius 1 is 1.22 bits per heavy atom. The minimum absolute atomic E-state index is 0.319. The molecule has 2 rings (SSSR count). The van der Waals surface area contributed by atoms with Crippen LogP contribution in [-0.4, -0.2) is 23.3 Å². The van der Waals surface area contributed by atoms with Gasteiger partial charge in [0, 0.05) is 17.4 Å². The molecule has 1 aliphatic rings. The van der Waals surface area contributed by atoms with Gasteiger partial charge in [-0.2, -0.15) is 0 Å². The average Bonchev–Trinajstić information content (AvgIpc) is 2.47. The van der Waals surface area contributed by atoms with Crippen molar-refractivity contribution in [2.75, 3.05) is 0 Å². The van der Waals surface area contributed by atoms with Gasteiger partial charge in [0.1, 0.15) is 5.82 Å². The van der Waals surface area contributed by atoms with Crippen LogP contribution >= 0.6 is 0 Å². The molecule has 98 valence electrons. The molecule has 0 unspecified atom stereocenters. The van der Waals surface area contributed by atoms with Crippen molar-refractivity contribution in [3.8, 4) is 0 Å². The number of aromatic nitrogens is 1. The second kappa shape index (κ2) is 4.32. The molecular formula is C13H19BFNO2. The van der Waals surface area contributed by atoms with E-state index in [2.05, 4.69) is 4.98 Å². The van der Waals surface area contributed by atoms with Crippen LogP contribution in [0.2, 0.25) is 0 Å². The standard InChI is InChI=1S/C13H19BFNO2/c1-6-9-7-11(15)10(8-16-9)14-17-12(2,3)13(4,5)18-14/h7-8H,6H2,1-5H3. The lowest BCUT2D eigenvalue weighted by atomic mass is 9.79. The molecular weight excluding hydrogens is 232 g/mol. The number of hydrogen-bond acceptors (Lipinski definition) is 3. The molecule has 1 aromatic heterocycles. The van der Waals surface area contributed by atoms with Crippen LogP contribution in [0.25, 0.3) is 0 Å². The molecule has 0 saturated carbocycles. The first kappa shape index (κ1) is 13.5. The zero-order valence-corrected chi connectivity index (χ0v) is 11.6. The third kappa shape index (κ3) is 2.17. The monoisotopic (exact) mass is 251 g/mol. The molecule has 0 spiro atoms. The molecule has 3 nitrogen and oxygen atoms in total. The molecule has 0 radical (unpaired) electrons. The van der Waals surface area contributed by atoms with Crippen molar-refractivity contribution in [3.05, 3.63) is 23.8 Å². The van der Waals surface area contributed by atoms with Crippen LogP contribution < -0.4 is 5.46 Å². The van der Waals surface area contributed by atoms with Crippen LogP contribution in [0.5, 0.6) is 0 Å². The lowest BCUT2D eigenvalue weighted by molar-refractivity contribution is 0.00578. The Labute approximate surface area is 108 Å². The molecule has 2 heterocycles. The van der Waals surface area contributed by atoms with E-state index < -0.39 is 18.3 Å². The highest BCUT2D eigenvalue weighted by atomic mass is 19.1. The SMILES string of the molecule is CCc1cc(F)c(B2OC(C)(C)C(C)(C)O2)cn1. The van der Waals surface area contributed by atoms with Crippen molar-refractivity contribution >= 4 is 12.6 Å². The predicted octanol–water partition coefficient (Wildman–Crippen LogP) is 2.08. The normalized spacial score (nSPS) is 21.3. The second-order valence-corrected chi connectivity index (χ2v) is 5.64. The fourth-order valence-corrected chi connectivity index (χ4v) is 1.82. The molecule has 1 aliphatic heterocycles. The Hall–Kier alpha value is -0.935. The molecule has 1 aromatic rings. The van der Waals surface area contributed by atoms with E-state index in [0.29, 0.717) is 11.9 Å². The Balaban J connectivity index is 2.30. The van der Waals surface area contributed by atoms with Gasteiger partial charge in [-0.1, -0.05) is 6.92 Å². The molecule has 5 heteroatoms. The molecule has 0 N–H and O–H groups in total. The smallest absolute Gasteiger partial charge is 0.399 e. The lowest BCUT2D eigenvalue weighted by Crippen LogP contribution is -2.41. The van der Waals surface area contributed by atoms with E-state index in [9.17, 15) is 4.39 Å². The Bertz CT molecular complexity index is 446. The van der Waals surface area contributed by atoms with Gasteiger partial charge in [0.25, 0.3) is 0 Å². The Morgan fingerprint density at radius 3 is 2.22 bits per heavy atom. The van der Waals surface area contributed by atoms with Gasteiger partial charge in [0.15, 0.2) is 0 Å². The molecule has 18 heavy (non-hydrogen) atoms. The lowest BCUT2D eigenvalue weighted by Gasteiger charge is -2.32. The number of pyridine rings is 1. The van der Waals surface area contributed by atoms with Crippen molar-refractivity contribution < 1.29 is 13.7 Å². The largest absolute Gasteiger partial charge is 0.499 e. The van der Waals surface area contributed by atoms with Crippen molar-refractivity contribution in [2.24, 2.45) is 0 Å². The Kier molecular flexibility index (Phi) is 3.24. The summed E-state index contributed by atoms with van der Waals surface area (Å²) < 4.78 is 25.6. The highest BCUT2D eigenvalue weighted by Crippen LogP contribution is 2.36. The third-order valence-corrected chi connectivity index (χ3v) is 3.81. The first-order valence-corrected chi connectivity index (χ1v) is 6.27. The van der Waals surface area contributed by atoms with Gasteiger partial charge in [0.2, 0.25) is 0 Å². The molecule has 0 aromatic carbocycles. The summed E-state index contributed by atoms with van der Waals surface area (Å²) in [7, 11) is -0.687. The average molecular weight is 251 g/mol. The fourth-order valence-electron chi connectivity index (χ4n) is 1.82. The minimum atomic E-state index is -0.687. The van der Waals surface area contributed by atoms with Crippen molar-refractivity contribution in [1.82, 2.24) is 4.98 Å². The second-order valence-electron chi connectivity index (χ2n) is 5.64. The summed E-state index contributed by atoms with van der Waals surface area (Å²) in [6.45, 7) is 9.71. The number of nitrogens with zero attached hydrogens (tertiary/aromatic N) is 1. The maximum Gasteiger partial charge on any atom is 0.499 e. The van der Waals surface area contributed by atoms with Crippen molar-refractivity contribution in [2.45, 2.75) is 52.2 Å². The maximum atomic E-state index is 14.0. The summed E-state index contributed by atoms with van der Waals surface area (Å²) in [4.78, 5) is 4.20. The van der Waals surface area contributed by atoms with Crippen molar-refractivity contribution in [1.29, 1.82) is 0 Å². The van der Waals surface area contributed by atoms with Gasteiger partial charge >= 0.3 is 7.12 Å². The Morgan fingerprint density at radius 2 is 1.78 bits per heavy atom. The zero-order chi connectivity index (χ0) is 13.6. The van der Waals surface area contributed by atoms with Gasteiger partial charge < -0.3 is 9.31 Å². The fraction of sp³-hybridized carbons (Fsp3) is 0.615. The summed E-state index contributed by atoms with van der Waals surface area (Å²) in [6, 6.07) is 1.44. The summed E-state index contributed by atoms with van der Waals surface area (Å²) in [6.07, 6.45) is 2.22. The molecule has 1 saturated heterocycles. The first-order valence-electron chi connectivity index (χ1n) is 6.27. The molecule has 1 fully saturated rings. The predicted molar refractivity (Wildman–Crippen MR) is 69.3 cm³/mol.